The van der Waals surface area contributed by atoms with Gasteiger partial charge in [0.2, 0.25) is 10.0 Å². The van der Waals surface area contributed by atoms with Gasteiger partial charge in [-0.2, -0.15) is 0 Å². The summed E-state index contributed by atoms with van der Waals surface area (Å²) in [6.45, 7) is 0. The van der Waals surface area contributed by atoms with Crippen LogP contribution in [0.1, 0.15) is 47.6 Å². The molecule has 0 radical (unpaired) electrons. The summed E-state index contributed by atoms with van der Waals surface area (Å²) >= 11 is 0. The Balaban J connectivity index is 1.53. The van der Waals surface area contributed by atoms with Crippen LogP contribution in [-0.2, 0) is 10.0 Å². The Kier molecular flexibility index (Phi) is 5.72. The topological polar surface area (TPSA) is 88.2 Å². The summed E-state index contributed by atoms with van der Waals surface area (Å²) in [5.41, 5.74) is 3.43. The van der Waals surface area contributed by atoms with Crippen molar-refractivity contribution >= 4 is 32.5 Å². The van der Waals surface area contributed by atoms with Crippen LogP contribution in [0.2, 0.25) is 0 Å². The SMILES string of the molecule is O=C(NC(c1ccccc1)C1CC1)c1c(NS(=O)(=O)C2CC2)c(-c2ccccc2)nc2ccccc12. The van der Waals surface area contributed by atoms with E-state index in [2.05, 4.69) is 10.0 Å². The van der Waals surface area contributed by atoms with Crippen LogP contribution in [0.4, 0.5) is 5.69 Å². The largest absolute Gasteiger partial charge is 0.345 e. The lowest BCUT2D eigenvalue weighted by Crippen LogP contribution is -2.31. The molecule has 182 valence electrons. The summed E-state index contributed by atoms with van der Waals surface area (Å²) in [6.07, 6.45) is 3.34. The van der Waals surface area contributed by atoms with Crippen LogP contribution < -0.4 is 10.0 Å². The van der Waals surface area contributed by atoms with E-state index in [1.54, 1.807) is 0 Å². The Hall–Kier alpha value is -3.71. The lowest BCUT2D eigenvalue weighted by molar-refractivity contribution is 0.0934. The van der Waals surface area contributed by atoms with Gasteiger partial charge in [0.1, 0.15) is 0 Å². The Morgan fingerprint density at radius 2 is 1.47 bits per heavy atom. The van der Waals surface area contributed by atoms with Gasteiger partial charge in [0.15, 0.2) is 0 Å². The molecule has 0 aliphatic heterocycles. The molecule has 6 rings (SSSR count). The van der Waals surface area contributed by atoms with E-state index >= 15 is 0 Å². The van der Waals surface area contributed by atoms with Crippen molar-refractivity contribution in [3.63, 3.8) is 0 Å². The molecule has 4 aromatic rings. The van der Waals surface area contributed by atoms with Crippen LogP contribution in [-0.4, -0.2) is 24.6 Å². The number of sulfonamides is 1. The second-order valence-electron chi connectivity index (χ2n) is 9.64. The maximum absolute atomic E-state index is 14.1. The van der Waals surface area contributed by atoms with Gasteiger partial charge in [-0.3, -0.25) is 9.52 Å². The van der Waals surface area contributed by atoms with E-state index in [1.165, 1.54) is 0 Å². The van der Waals surface area contributed by atoms with E-state index in [1.807, 2.05) is 84.9 Å². The fourth-order valence-electron chi connectivity index (χ4n) is 4.73. The average Bonchev–Trinajstić information content (AvgIpc) is 3.81. The van der Waals surface area contributed by atoms with Gasteiger partial charge < -0.3 is 5.32 Å². The van der Waals surface area contributed by atoms with Crippen molar-refractivity contribution < 1.29 is 13.2 Å². The minimum absolute atomic E-state index is 0.140. The molecule has 36 heavy (non-hydrogen) atoms. The third kappa shape index (κ3) is 4.46. The molecule has 7 heteroatoms. The molecule has 1 atom stereocenters. The highest BCUT2D eigenvalue weighted by atomic mass is 32.2. The number of rotatable bonds is 8. The molecular weight excluding hydrogens is 470 g/mol. The predicted molar refractivity (Wildman–Crippen MR) is 142 cm³/mol. The Labute approximate surface area is 210 Å². The average molecular weight is 498 g/mol. The van der Waals surface area contributed by atoms with Crippen molar-refractivity contribution in [2.75, 3.05) is 4.72 Å². The summed E-state index contributed by atoms with van der Waals surface area (Å²) in [4.78, 5) is 18.9. The zero-order valence-corrected chi connectivity index (χ0v) is 20.5. The number of carbonyl (C=O) groups is 1. The highest BCUT2D eigenvalue weighted by Gasteiger charge is 2.38. The molecule has 1 heterocycles. The molecule has 0 saturated heterocycles. The highest BCUT2D eigenvalue weighted by molar-refractivity contribution is 7.93. The number of carbonyl (C=O) groups excluding carboxylic acids is 1. The molecule has 2 saturated carbocycles. The Bertz CT molecular complexity index is 1530. The van der Waals surface area contributed by atoms with Gasteiger partial charge in [0.05, 0.1) is 33.8 Å². The van der Waals surface area contributed by atoms with Crippen molar-refractivity contribution in [2.24, 2.45) is 5.92 Å². The van der Waals surface area contributed by atoms with Crippen molar-refractivity contribution in [3.8, 4) is 11.3 Å². The molecule has 0 spiro atoms. The summed E-state index contributed by atoms with van der Waals surface area (Å²) in [5, 5.41) is 3.43. The first kappa shape index (κ1) is 22.7. The lowest BCUT2D eigenvalue weighted by Gasteiger charge is -2.22. The maximum Gasteiger partial charge on any atom is 0.254 e. The molecule has 1 amide bonds. The van der Waals surface area contributed by atoms with E-state index < -0.39 is 15.3 Å². The summed E-state index contributed by atoms with van der Waals surface area (Å²) in [5.74, 6) is 0.0599. The zero-order chi connectivity index (χ0) is 24.7. The van der Waals surface area contributed by atoms with E-state index in [9.17, 15) is 13.2 Å². The highest BCUT2D eigenvalue weighted by Crippen LogP contribution is 2.42. The number of hydrogen-bond acceptors (Lipinski definition) is 4. The van der Waals surface area contributed by atoms with Crippen molar-refractivity contribution in [1.82, 2.24) is 10.3 Å². The summed E-state index contributed by atoms with van der Waals surface area (Å²) < 4.78 is 29.1. The number of nitrogens with zero attached hydrogens (tertiary/aromatic N) is 1. The van der Waals surface area contributed by atoms with Gasteiger partial charge >= 0.3 is 0 Å². The quantitative estimate of drug-likeness (QED) is 0.327. The monoisotopic (exact) mass is 497 g/mol. The minimum atomic E-state index is -3.65. The van der Waals surface area contributed by atoms with E-state index in [4.69, 9.17) is 4.98 Å². The molecule has 1 unspecified atom stereocenters. The van der Waals surface area contributed by atoms with E-state index in [0.717, 1.165) is 24.0 Å². The van der Waals surface area contributed by atoms with Gasteiger partial charge in [-0.05, 0) is 43.2 Å². The number of anilines is 1. The van der Waals surface area contributed by atoms with Crippen LogP contribution in [0.5, 0.6) is 0 Å². The summed E-state index contributed by atoms with van der Waals surface area (Å²) in [7, 11) is -3.65. The van der Waals surface area contributed by atoms with Crippen molar-refractivity contribution in [3.05, 3.63) is 96.1 Å². The van der Waals surface area contributed by atoms with Crippen LogP contribution in [0.25, 0.3) is 22.2 Å². The fourth-order valence-corrected chi connectivity index (χ4v) is 6.14. The number of fused-ring (bicyclic) bond motifs is 1. The number of hydrogen-bond donors (Lipinski definition) is 2. The fraction of sp³-hybridized carbons (Fsp3) is 0.241. The molecule has 2 fully saturated rings. The van der Waals surface area contributed by atoms with E-state index in [0.29, 0.717) is 40.9 Å². The second-order valence-corrected chi connectivity index (χ2v) is 11.6. The first-order valence-corrected chi connectivity index (χ1v) is 13.9. The third-order valence-electron chi connectivity index (χ3n) is 6.91. The number of amides is 1. The lowest BCUT2D eigenvalue weighted by atomic mass is 9.98. The molecule has 0 bridgehead atoms. The standard InChI is InChI=1S/C29H27N3O3S/c33-29(31-26(21-15-16-21)19-9-3-1-4-10-19)25-23-13-7-8-14-24(23)30-27(20-11-5-2-6-12-20)28(25)32-36(34,35)22-17-18-22/h1-14,21-22,26,32H,15-18H2,(H,31,33). The minimum Gasteiger partial charge on any atom is -0.345 e. The number of para-hydroxylation sites is 1. The van der Waals surface area contributed by atoms with Crippen LogP contribution in [0.3, 0.4) is 0 Å². The molecule has 6 nitrogen and oxygen atoms in total. The van der Waals surface area contributed by atoms with Gasteiger partial charge in [-0.15, -0.1) is 0 Å². The summed E-state index contributed by atoms with van der Waals surface area (Å²) in [6, 6.07) is 26.6. The first-order valence-electron chi connectivity index (χ1n) is 12.4. The Morgan fingerprint density at radius 1 is 0.833 bits per heavy atom. The molecule has 3 aromatic carbocycles. The third-order valence-corrected chi connectivity index (χ3v) is 8.75. The van der Waals surface area contributed by atoms with Gasteiger partial charge in [0, 0.05) is 10.9 Å². The Morgan fingerprint density at radius 3 is 2.14 bits per heavy atom. The molecule has 1 aromatic heterocycles. The van der Waals surface area contributed by atoms with Crippen LogP contribution in [0, 0.1) is 5.92 Å². The number of benzene rings is 3. The first-order chi connectivity index (χ1) is 17.5. The number of nitrogens with one attached hydrogen (secondary N) is 2. The van der Waals surface area contributed by atoms with Crippen molar-refractivity contribution in [2.45, 2.75) is 37.0 Å². The number of aromatic nitrogens is 1. The second kappa shape index (κ2) is 9.06. The van der Waals surface area contributed by atoms with Gasteiger partial charge in [0.25, 0.3) is 5.91 Å². The number of pyridine rings is 1. The molecule has 2 N–H and O–H groups in total. The molecular formula is C29H27N3O3S. The van der Waals surface area contributed by atoms with Crippen LogP contribution in [0.15, 0.2) is 84.9 Å². The predicted octanol–water partition coefficient (Wildman–Crippen LogP) is 5.69. The van der Waals surface area contributed by atoms with Gasteiger partial charge in [-0.25, -0.2) is 13.4 Å². The van der Waals surface area contributed by atoms with Crippen LogP contribution >= 0.6 is 0 Å². The normalized spacial score (nSPS) is 16.4. The van der Waals surface area contributed by atoms with Crippen molar-refractivity contribution in [1.29, 1.82) is 0 Å². The molecule has 2 aliphatic rings. The smallest absolute Gasteiger partial charge is 0.254 e. The molecule has 2 aliphatic carbocycles. The maximum atomic E-state index is 14.1. The van der Waals surface area contributed by atoms with E-state index in [-0.39, 0.29) is 17.6 Å². The zero-order valence-electron chi connectivity index (χ0n) is 19.7. The van der Waals surface area contributed by atoms with Gasteiger partial charge in [-0.1, -0.05) is 78.9 Å².